The highest BCUT2D eigenvalue weighted by Crippen LogP contribution is 2.50. The zero-order valence-corrected chi connectivity index (χ0v) is 15.7. The lowest BCUT2D eigenvalue weighted by Gasteiger charge is -2.45. The third-order valence-corrected chi connectivity index (χ3v) is 12.6. The van der Waals surface area contributed by atoms with Crippen molar-refractivity contribution in [3.63, 3.8) is 0 Å². The first-order valence-electron chi connectivity index (χ1n) is 7.46. The molecule has 1 aromatic rings. The lowest BCUT2D eigenvalue weighted by atomic mass is 10.2. The molecule has 0 aliphatic rings. The van der Waals surface area contributed by atoms with Crippen molar-refractivity contribution in [2.75, 3.05) is 0 Å². The second-order valence-corrected chi connectivity index (χ2v) is 13.4. The lowest BCUT2D eigenvalue weighted by Crippen LogP contribution is -2.46. The van der Waals surface area contributed by atoms with Gasteiger partial charge in [-0.05, 0) is 28.1 Å². The van der Waals surface area contributed by atoms with Crippen LogP contribution in [-0.2, 0) is 0 Å². The van der Waals surface area contributed by atoms with Crippen LogP contribution in [0.3, 0.4) is 0 Å². The van der Waals surface area contributed by atoms with Gasteiger partial charge in [-0.3, -0.25) is 0 Å². The number of hydrogen-bond donors (Lipinski definition) is 0. The van der Waals surface area contributed by atoms with Gasteiger partial charge in [-0.25, -0.2) is 0 Å². The predicted octanol–water partition coefficient (Wildman–Crippen LogP) is 7.13. The van der Waals surface area contributed by atoms with E-state index in [4.69, 9.17) is 0 Å². The van der Waals surface area contributed by atoms with Gasteiger partial charge in [0, 0.05) is 4.88 Å². The van der Waals surface area contributed by atoms with Crippen molar-refractivity contribution in [3.8, 4) is 0 Å². The summed E-state index contributed by atoms with van der Waals surface area (Å²) in [6, 6.07) is 3.59. The average molecular weight is 329 g/mol. The van der Waals surface area contributed by atoms with Gasteiger partial charge in [0.2, 0.25) is 0 Å². The average Bonchev–Trinajstić information content (AvgIpc) is 2.81. The Morgan fingerprint density at radius 3 is 1.81 bits per heavy atom. The van der Waals surface area contributed by atoms with Crippen LogP contribution in [0.25, 0.3) is 5.57 Å². The third kappa shape index (κ3) is 3.21. The first-order chi connectivity index (χ1) is 9.67. The van der Waals surface area contributed by atoms with Crippen LogP contribution in [0, 0.1) is 0 Å². The van der Waals surface area contributed by atoms with Crippen LogP contribution in [0.4, 0.5) is 8.78 Å². The van der Waals surface area contributed by atoms with Crippen LogP contribution < -0.4 is 0 Å². The molecule has 4 heteroatoms. The van der Waals surface area contributed by atoms with E-state index in [1.807, 2.05) is 11.4 Å². The smallest absolute Gasteiger partial charge is 0.173 e. The summed E-state index contributed by atoms with van der Waals surface area (Å²) in [6.07, 6.45) is -1.60. The molecule has 0 aliphatic heterocycles. The molecule has 0 spiro atoms. The van der Waals surface area contributed by atoms with E-state index in [0.29, 0.717) is 26.7 Å². The van der Waals surface area contributed by atoms with E-state index in [1.54, 1.807) is 6.07 Å². The molecule has 0 nitrogen and oxygen atoms in total. The Morgan fingerprint density at radius 1 is 1.05 bits per heavy atom. The molecule has 0 N–H and O–H groups in total. The Labute approximate surface area is 132 Å². The normalized spacial score (nSPS) is 12.3. The van der Waals surface area contributed by atoms with Gasteiger partial charge in [-0.15, -0.1) is 11.3 Å². The summed E-state index contributed by atoms with van der Waals surface area (Å²) in [6.45, 7) is 17.2. The van der Waals surface area contributed by atoms with E-state index < -0.39 is 14.2 Å². The van der Waals surface area contributed by atoms with Crippen molar-refractivity contribution in [3.05, 3.63) is 40.2 Å². The molecule has 0 saturated heterocycles. The maximum absolute atomic E-state index is 13.7. The first kappa shape index (κ1) is 18.3. The molecule has 118 valence electrons. The van der Waals surface area contributed by atoms with Crippen LogP contribution in [0.15, 0.2) is 35.4 Å². The molecule has 0 bridgehead atoms. The molecule has 1 aromatic heterocycles. The number of halogens is 2. The maximum Gasteiger partial charge on any atom is 0.278 e. The summed E-state index contributed by atoms with van der Waals surface area (Å²) in [5.41, 5.74) is 1.23. The molecule has 0 unspecified atom stereocenters. The topological polar surface area (TPSA) is 0 Å². The number of allylic oxidation sites excluding steroid dienone is 2. The molecular formula is C17H26F2SSi. The molecule has 21 heavy (non-hydrogen) atoms. The first-order valence-corrected chi connectivity index (χ1v) is 10.6. The Morgan fingerprint density at radius 2 is 1.52 bits per heavy atom. The van der Waals surface area contributed by atoms with Crippen LogP contribution >= 0.6 is 11.3 Å². The Hall–Kier alpha value is -0.743. The molecule has 0 saturated carbocycles. The van der Waals surface area contributed by atoms with Gasteiger partial charge in [0.1, 0.15) is 0 Å². The highest BCUT2D eigenvalue weighted by Gasteiger charge is 2.47. The second kappa shape index (κ2) is 7.01. The van der Waals surface area contributed by atoms with Gasteiger partial charge in [-0.2, -0.15) is 8.78 Å². The van der Waals surface area contributed by atoms with Crippen molar-refractivity contribution in [2.45, 2.75) is 58.2 Å². The largest absolute Gasteiger partial charge is 0.278 e. The molecule has 0 radical (unpaired) electrons. The van der Waals surface area contributed by atoms with Crippen molar-refractivity contribution in [1.29, 1.82) is 0 Å². The summed E-state index contributed by atoms with van der Waals surface area (Å²) in [5.74, 6) is 0. The second-order valence-electron chi connectivity index (χ2n) is 6.49. The van der Waals surface area contributed by atoms with E-state index in [0.717, 1.165) is 0 Å². The Kier molecular flexibility index (Phi) is 6.11. The maximum atomic E-state index is 13.7. The fraction of sp³-hybridized carbons (Fsp3) is 0.529. The fourth-order valence-corrected chi connectivity index (χ4v) is 11.7. The van der Waals surface area contributed by atoms with Crippen LogP contribution in [0.1, 0.15) is 46.4 Å². The zero-order chi connectivity index (χ0) is 16.4. The highest BCUT2D eigenvalue weighted by molar-refractivity contribution is 7.11. The fourth-order valence-electron chi connectivity index (χ4n) is 4.04. The van der Waals surface area contributed by atoms with Gasteiger partial charge in [0.05, 0.1) is 13.6 Å². The summed E-state index contributed by atoms with van der Waals surface area (Å²) >= 11 is 1.36. The summed E-state index contributed by atoms with van der Waals surface area (Å²) in [5, 5.41) is 2.56. The number of hydrogen-bond acceptors (Lipinski definition) is 1. The molecule has 1 rings (SSSR count). The van der Waals surface area contributed by atoms with Crippen molar-refractivity contribution < 1.29 is 8.78 Å². The molecule has 0 fully saturated rings. The quantitative estimate of drug-likeness (QED) is 0.385. The summed E-state index contributed by atoms with van der Waals surface area (Å²) in [7, 11) is -2.14. The van der Waals surface area contributed by atoms with Gasteiger partial charge >= 0.3 is 0 Å². The van der Waals surface area contributed by atoms with Crippen LogP contribution in [0.5, 0.6) is 0 Å². The third-order valence-electron chi connectivity index (χ3n) is 4.65. The van der Waals surface area contributed by atoms with Crippen molar-refractivity contribution in [2.24, 2.45) is 0 Å². The zero-order valence-electron chi connectivity index (χ0n) is 13.8. The SMILES string of the molecule is C=C(C(=C(F)F)c1cccs1)[Si](C(C)C)(C(C)C)C(C)C. The highest BCUT2D eigenvalue weighted by atomic mass is 32.1. The van der Waals surface area contributed by atoms with Gasteiger partial charge in [0.25, 0.3) is 6.08 Å². The Balaban J connectivity index is 3.51. The van der Waals surface area contributed by atoms with E-state index in [1.165, 1.54) is 11.3 Å². The van der Waals surface area contributed by atoms with Crippen LogP contribution in [-0.4, -0.2) is 8.07 Å². The van der Waals surface area contributed by atoms with Crippen molar-refractivity contribution in [1.82, 2.24) is 0 Å². The molecule has 0 amide bonds. The van der Waals surface area contributed by atoms with Gasteiger partial charge in [-0.1, -0.05) is 59.4 Å². The monoisotopic (exact) mass is 328 g/mol. The predicted molar refractivity (Wildman–Crippen MR) is 93.6 cm³/mol. The van der Waals surface area contributed by atoms with E-state index >= 15 is 0 Å². The van der Waals surface area contributed by atoms with E-state index in [9.17, 15) is 8.78 Å². The minimum absolute atomic E-state index is 0.104. The minimum atomic E-state index is -2.14. The standard InChI is InChI=1S/C17H26F2SSi/c1-11(2)21(12(3)4,13(5)6)14(7)16(17(18)19)15-9-8-10-20-15/h8-13H,7H2,1-6H3. The molecule has 1 heterocycles. The number of thiophene rings is 1. The minimum Gasteiger partial charge on any atom is -0.173 e. The van der Waals surface area contributed by atoms with Gasteiger partial charge in [0.15, 0.2) is 0 Å². The van der Waals surface area contributed by atoms with E-state index in [-0.39, 0.29) is 5.57 Å². The van der Waals surface area contributed by atoms with Gasteiger partial charge < -0.3 is 0 Å². The lowest BCUT2D eigenvalue weighted by molar-refractivity contribution is 0.426. The Bertz CT molecular complexity index is 487. The summed E-state index contributed by atoms with van der Waals surface area (Å²) in [4.78, 5) is 0.638. The van der Waals surface area contributed by atoms with E-state index in [2.05, 4.69) is 48.1 Å². The summed E-state index contributed by atoms with van der Waals surface area (Å²) < 4.78 is 27.4. The molecule has 0 atom stereocenters. The van der Waals surface area contributed by atoms with Crippen molar-refractivity contribution >= 4 is 25.0 Å². The number of rotatable bonds is 6. The molecular weight excluding hydrogens is 302 g/mol. The van der Waals surface area contributed by atoms with Crippen LogP contribution in [0.2, 0.25) is 16.6 Å². The molecule has 0 aromatic carbocycles. The molecule has 0 aliphatic carbocycles.